The van der Waals surface area contributed by atoms with Crippen LogP contribution in [-0.2, 0) is 0 Å². The molecule has 0 spiro atoms. The molecule has 0 atom stereocenters. The van der Waals surface area contributed by atoms with Crippen molar-refractivity contribution in [1.82, 2.24) is 0 Å². The van der Waals surface area contributed by atoms with Gasteiger partial charge in [-0.2, -0.15) is 4.58 Å². The van der Waals surface area contributed by atoms with Crippen LogP contribution in [0.5, 0.6) is 0 Å². The van der Waals surface area contributed by atoms with E-state index in [9.17, 15) is 0 Å². The predicted octanol–water partition coefficient (Wildman–Crippen LogP) is 1.04. The van der Waals surface area contributed by atoms with Gasteiger partial charge in [-0.25, -0.2) is 0 Å². The van der Waals surface area contributed by atoms with Crippen LogP contribution >= 0.6 is 11.6 Å². The van der Waals surface area contributed by atoms with E-state index in [-0.39, 0.29) is 0 Å². The largest absolute Gasteiger partial charge is 0.237 e. The van der Waals surface area contributed by atoms with Gasteiger partial charge in [-0.1, -0.05) is 0 Å². The van der Waals surface area contributed by atoms with Crippen LogP contribution in [0.25, 0.3) is 0 Å². The molecule has 0 radical (unpaired) electrons. The number of rotatable bonds is 1. The Kier molecular flexibility index (Phi) is 2.77. The molecular weight excluding hydrogens is 97.5 g/mol. The lowest BCUT2D eigenvalue weighted by molar-refractivity contribution is -0.413. The molecule has 1 nitrogen and oxygen atoms in total. The maximum atomic E-state index is 5.18. The number of nitrogens with zero attached hydrogens (tertiary/aromatic N) is 1. The smallest absolute Gasteiger partial charge is 0.198 e. The molecule has 0 aliphatic heterocycles. The second kappa shape index (κ2) is 2.91. The highest BCUT2D eigenvalue weighted by Crippen LogP contribution is 1.65. The van der Waals surface area contributed by atoms with Gasteiger partial charge in [0.1, 0.15) is 7.05 Å². The molecule has 0 bridgehead atoms. The third-order valence-electron chi connectivity index (χ3n) is 0.442. The molecule has 0 aliphatic rings. The van der Waals surface area contributed by atoms with Crippen LogP contribution in [-0.4, -0.2) is 17.3 Å². The van der Waals surface area contributed by atoms with Crippen LogP contribution in [0.2, 0.25) is 0 Å². The first kappa shape index (κ1) is 5.70. The lowest BCUT2D eigenvalue weighted by atomic mass is 10.9. The summed E-state index contributed by atoms with van der Waals surface area (Å²) in [6.45, 7) is 3.44. The van der Waals surface area contributed by atoms with Gasteiger partial charge in [0.15, 0.2) is 6.20 Å². The van der Waals surface area contributed by atoms with Gasteiger partial charge >= 0.3 is 0 Å². The summed E-state index contributed by atoms with van der Waals surface area (Å²) >= 11 is 5.18. The Balaban J connectivity index is 3.50. The summed E-state index contributed by atoms with van der Waals surface area (Å²) in [5.41, 5.74) is 1.41. The van der Waals surface area contributed by atoms with Crippen molar-refractivity contribution in [3.63, 3.8) is 0 Å². The van der Waals surface area contributed by atoms with E-state index in [2.05, 4.69) is 6.58 Å². The van der Waals surface area contributed by atoms with Gasteiger partial charge in [-0.3, -0.25) is 0 Å². The summed E-state index contributed by atoms with van der Waals surface area (Å²) in [4.78, 5) is 0. The Bertz CT molecular complexity index is 75.6. The van der Waals surface area contributed by atoms with Crippen LogP contribution in [0.3, 0.4) is 0 Å². The summed E-state index contributed by atoms with van der Waals surface area (Å²) in [6, 6.07) is 0. The molecule has 0 aromatic heterocycles. The molecule has 0 N–H and O–H groups in total. The molecule has 2 heteroatoms. The lowest BCUT2D eigenvalue weighted by Gasteiger charge is -1.72. The van der Waals surface area contributed by atoms with Gasteiger partial charge in [0, 0.05) is 0 Å². The fourth-order valence-electron chi connectivity index (χ4n) is 0.0398. The minimum atomic E-state index is 1.41. The van der Waals surface area contributed by atoms with E-state index in [1.54, 1.807) is 17.8 Å². The number of hydrogen-bond acceptors (Lipinski definition) is 0. The zero-order valence-electron chi connectivity index (χ0n) is 3.69. The molecule has 0 saturated heterocycles. The standard InChI is InChI=1S/C4H7ClN/c1-3-6(2)4-5/h3-4H,1H2,2H3/q+1. The van der Waals surface area contributed by atoms with Gasteiger partial charge in [0.2, 0.25) is 5.67 Å². The second-order valence-electron chi connectivity index (χ2n) is 0.946. The molecule has 0 fully saturated rings. The summed E-state index contributed by atoms with van der Waals surface area (Å²) in [6.07, 6.45) is 1.62. The molecule has 0 unspecified atom stereocenters. The van der Waals surface area contributed by atoms with Gasteiger partial charge in [0.05, 0.1) is 0 Å². The molecule has 34 valence electrons. The van der Waals surface area contributed by atoms with E-state index in [0.29, 0.717) is 0 Å². The molecule has 0 saturated carbocycles. The van der Waals surface area contributed by atoms with Crippen molar-refractivity contribution < 1.29 is 4.58 Å². The third kappa shape index (κ3) is 1.97. The molecule has 0 heterocycles. The average molecular weight is 105 g/mol. The Morgan fingerprint density at radius 1 is 1.83 bits per heavy atom. The van der Waals surface area contributed by atoms with Crippen LogP contribution in [0.4, 0.5) is 0 Å². The average Bonchev–Trinajstić information content (AvgIpc) is 1.65. The predicted molar refractivity (Wildman–Crippen MR) is 28.3 cm³/mol. The van der Waals surface area contributed by atoms with Crippen LogP contribution in [0.1, 0.15) is 0 Å². The van der Waals surface area contributed by atoms with Gasteiger partial charge in [-0.05, 0) is 18.2 Å². The fourth-order valence-corrected chi connectivity index (χ4v) is 0.120. The van der Waals surface area contributed by atoms with Crippen LogP contribution in [0.15, 0.2) is 12.8 Å². The van der Waals surface area contributed by atoms with E-state index >= 15 is 0 Å². The normalized spacial score (nSPS) is 11.3. The van der Waals surface area contributed by atoms with Crippen molar-refractivity contribution in [2.24, 2.45) is 0 Å². The molecule has 0 aromatic rings. The highest BCUT2D eigenvalue weighted by molar-refractivity contribution is 6.54. The topological polar surface area (TPSA) is 3.01 Å². The summed E-state index contributed by atoms with van der Waals surface area (Å²) < 4.78 is 1.65. The molecular formula is C4H7ClN+. The second-order valence-corrected chi connectivity index (χ2v) is 1.14. The lowest BCUT2D eigenvalue weighted by Crippen LogP contribution is -1.89. The molecule has 0 aliphatic carbocycles. The van der Waals surface area contributed by atoms with Gasteiger partial charge in [-0.15, -0.1) is 0 Å². The van der Waals surface area contributed by atoms with E-state index < -0.39 is 0 Å². The maximum absolute atomic E-state index is 5.18. The highest BCUT2D eigenvalue weighted by Gasteiger charge is 1.74. The van der Waals surface area contributed by atoms with E-state index in [1.807, 2.05) is 0 Å². The van der Waals surface area contributed by atoms with Crippen molar-refractivity contribution in [1.29, 1.82) is 0 Å². The first-order valence-corrected chi connectivity index (χ1v) is 2.03. The monoisotopic (exact) mass is 104 g/mol. The van der Waals surface area contributed by atoms with Gasteiger partial charge in [0.25, 0.3) is 0 Å². The summed E-state index contributed by atoms with van der Waals surface area (Å²) in [5, 5.41) is 0. The van der Waals surface area contributed by atoms with E-state index in [1.165, 1.54) is 5.67 Å². The van der Waals surface area contributed by atoms with E-state index in [0.717, 1.165) is 0 Å². The SMILES string of the molecule is C=C[N+](C)=CCl. The van der Waals surface area contributed by atoms with Crippen LogP contribution < -0.4 is 0 Å². The van der Waals surface area contributed by atoms with Crippen molar-refractivity contribution in [3.05, 3.63) is 12.8 Å². The summed E-state index contributed by atoms with van der Waals surface area (Å²) in [5.74, 6) is 0. The zero-order chi connectivity index (χ0) is 4.99. The minimum absolute atomic E-state index is 1.41. The first-order valence-electron chi connectivity index (χ1n) is 1.59. The third-order valence-corrected chi connectivity index (χ3v) is 0.750. The van der Waals surface area contributed by atoms with Crippen LogP contribution in [0, 0.1) is 0 Å². The number of hydrogen-bond donors (Lipinski definition) is 0. The highest BCUT2D eigenvalue weighted by atomic mass is 35.5. The minimum Gasteiger partial charge on any atom is -0.198 e. The quantitative estimate of drug-likeness (QED) is 0.346. The molecule has 0 amide bonds. The Labute approximate surface area is 42.6 Å². The Morgan fingerprint density at radius 3 is 2.33 bits per heavy atom. The van der Waals surface area contributed by atoms with Crippen molar-refractivity contribution in [3.8, 4) is 0 Å². The summed E-state index contributed by atoms with van der Waals surface area (Å²) in [7, 11) is 1.81. The molecule has 0 rings (SSSR count). The van der Waals surface area contributed by atoms with Crippen molar-refractivity contribution >= 4 is 17.3 Å². The van der Waals surface area contributed by atoms with E-state index in [4.69, 9.17) is 11.6 Å². The Hall–Kier alpha value is -0.300. The van der Waals surface area contributed by atoms with Gasteiger partial charge < -0.3 is 0 Å². The first-order chi connectivity index (χ1) is 2.81. The van der Waals surface area contributed by atoms with Crippen molar-refractivity contribution in [2.75, 3.05) is 7.05 Å². The number of halogens is 1. The Morgan fingerprint density at radius 2 is 2.33 bits per heavy atom. The fraction of sp³-hybridized carbons (Fsp3) is 0.250. The maximum Gasteiger partial charge on any atom is 0.237 e. The van der Waals surface area contributed by atoms with Crippen molar-refractivity contribution in [2.45, 2.75) is 0 Å². The molecule has 6 heavy (non-hydrogen) atoms. The molecule has 0 aromatic carbocycles. The zero-order valence-corrected chi connectivity index (χ0v) is 4.44.